The lowest BCUT2D eigenvalue weighted by molar-refractivity contribution is -0.139. The van der Waals surface area contributed by atoms with Crippen molar-refractivity contribution in [3.8, 4) is 5.75 Å². The zero-order chi connectivity index (χ0) is 23.2. The van der Waals surface area contributed by atoms with E-state index in [-0.39, 0.29) is 24.6 Å². The molecule has 2 aromatic rings. The van der Waals surface area contributed by atoms with Gasteiger partial charge in [0.25, 0.3) is 0 Å². The number of morpholine rings is 1. The normalized spacial score (nSPS) is 22.1. The number of carbonyl (C=O) groups is 1. The summed E-state index contributed by atoms with van der Waals surface area (Å²) in [7, 11) is -3.52. The zero-order valence-electron chi connectivity index (χ0n) is 18.9. The zero-order valence-corrected chi connectivity index (χ0v) is 19.7. The minimum absolute atomic E-state index is 0.0391. The topological polar surface area (TPSA) is 76.2 Å². The summed E-state index contributed by atoms with van der Waals surface area (Å²) in [6, 6.07) is 18.7. The number of hydrogen-bond donors (Lipinski definition) is 0. The summed E-state index contributed by atoms with van der Waals surface area (Å²) in [4.78, 5) is 15.0. The molecule has 1 atom stereocenters. The van der Waals surface area contributed by atoms with E-state index in [1.807, 2.05) is 65.6 Å². The van der Waals surface area contributed by atoms with E-state index in [9.17, 15) is 13.2 Å². The van der Waals surface area contributed by atoms with Gasteiger partial charge < -0.3 is 14.4 Å². The highest BCUT2D eigenvalue weighted by Gasteiger charge is 2.42. The Bertz CT molecular complexity index is 1010. The average Bonchev–Trinajstić information content (AvgIpc) is 2.84. The molecule has 2 aromatic carbocycles. The minimum atomic E-state index is -3.52. The highest BCUT2D eigenvalue weighted by atomic mass is 32.2. The first kappa shape index (κ1) is 23.7. The Labute approximate surface area is 196 Å². The van der Waals surface area contributed by atoms with Gasteiger partial charge in [-0.3, -0.25) is 4.79 Å². The molecule has 0 unspecified atom stereocenters. The van der Waals surface area contributed by atoms with Gasteiger partial charge in [0, 0.05) is 38.0 Å². The molecule has 33 heavy (non-hydrogen) atoms. The van der Waals surface area contributed by atoms with Crippen LogP contribution in [-0.4, -0.2) is 69.5 Å². The summed E-state index contributed by atoms with van der Waals surface area (Å²) in [5, 5.41) is 0. The molecule has 1 amide bonds. The lowest BCUT2D eigenvalue weighted by atomic mass is 9.78. The second kappa shape index (κ2) is 10.7. The quantitative estimate of drug-likeness (QED) is 0.591. The van der Waals surface area contributed by atoms with Gasteiger partial charge >= 0.3 is 0 Å². The molecule has 0 aromatic heterocycles. The van der Waals surface area contributed by atoms with Crippen molar-refractivity contribution in [3.63, 3.8) is 0 Å². The standard InChI is InChI=1S/C25H32N2O5S/c28-24(26-14-16-31-17-15-26)18-25(21-32-23-10-5-2-6-11-23)12-7-13-27(20-25)33(29,30)19-22-8-3-1-4-9-22/h1-6,8-11H,7,12-21H2/t25-/m0/s1. The van der Waals surface area contributed by atoms with Crippen molar-refractivity contribution in [3.05, 3.63) is 66.2 Å². The highest BCUT2D eigenvalue weighted by molar-refractivity contribution is 7.88. The van der Waals surface area contributed by atoms with Crippen LogP contribution in [0, 0.1) is 5.41 Å². The largest absolute Gasteiger partial charge is 0.493 e. The summed E-state index contributed by atoms with van der Waals surface area (Å²) in [5.74, 6) is 0.721. The van der Waals surface area contributed by atoms with Gasteiger partial charge in [0.1, 0.15) is 5.75 Å². The van der Waals surface area contributed by atoms with Gasteiger partial charge in [-0.25, -0.2) is 12.7 Å². The summed E-state index contributed by atoms with van der Waals surface area (Å²) >= 11 is 0. The van der Waals surface area contributed by atoms with Crippen LogP contribution in [0.2, 0.25) is 0 Å². The van der Waals surface area contributed by atoms with Crippen molar-refractivity contribution in [1.82, 2.24) is 9.21 Å². The van der Waals surface area contributed by atoms with Gasteiger partial charge in [0.05, 0.1) is 25.6 Å². The number of piperidine rings is 1. The van der Waals surface area contributed by atoms with Gasteiger partial charge in [-0.05, 0) is 30.5 Å². The van der Waals surface area contributed by atoms with Crippen LogP contribution in [-0.2, 0) is 25.3 Å². The summed E-state index contributed by atoms with van der Waals surface area (Å²) in [6.07, 6.45) is 1.70. The predicted molar refractivity (Wildman–Crippen MR) is 126 cm³/mol. The maximum absolute atomic E-state index is 13.3. The lowest BCUT2D eigenvalue weighted by Gasteiger charge is -2.42. The van der Waals surface area contributed by atoms with Crippen molar-refractivity contribution in [2.75, 3.05) is 46.0 Å². The van der Waals surface area contributed by atoms with E-state index in [0.29, 0.717) is 45.9 Å². The first-order chi connectivity index (χ1) is 16.0. The third kappa shape index (κ3) is 6.34. The third-order valence-electron chi connectivity index (χ3n) is 6.39. The average molecular weight is 473 g/mol. The summed E-state index contributed by atoms with van der Waals surface area (Å²) in [5.41, 5.74) is 0.186. The molecule has 7 nitrogen and oxygen atoms in total. The Hall–Kier alpha value is -2.42. The molecule has 0 bridgehead atoms. The smallest absolute Gasteiger partial charge is 0.223 e. The first-order valence-electron chi connectivity index (χ1n) is 11.5. The fraction of sp³-hybridized carbons (Fsp3) is 0.480. The van der Waals surface area contributed by atoms with Crippen LogP contribution in [0.5, 0.6) is 5.75 Å². The number of hydrogen-bond acceptors (Lipinski definition) is 5. The monoisotopic (exact) mass is 472 g/mol. The fourth-order valence-electron chi connectivity index (χ4n) is 4.59. The van der Waals surface area contributed by atoms with Crippen LogP contribution in [0.25, 0.3) is 0 Å². The van der Waals surface area contributed by atoms with Crippen LogP contribution in [0.3, 0.4) is 0 Å². The molecule has 2 aliphatic heterocycles. The molecule has 2 fully saturated rings. The molecule has 178 valence electrons. The van der Waals surface area contributed by atoms with E-state index in [4.69, 9.17) is 9.47 Å². The molecule has 4 rings (SSSR count). The van der Waals surface area contributed by atoms with Gasteiger partial charge in [-0.15, -0.1) is 0 Å². The van der Waals surface area contributed by atoms with Crippen LogP contribution < -0.4 is 4.74 Å². The number of rotatable bonds is 8. The Morgan fingerprint density at radius 1 is 0.970 bits per heavy atom. The number of sulfonamides is 1. The van der Waals surface area contributed by atoms with Gasteiger partial charge in [0.2, 0.25) is 15.9 Å². The van der Waals surface area contributed by atoms with Crippen molar-refractivity contribution < 1.29 is 22.7 Å². The third-order valence-corrected chi connectivity index (χ3v) is 8.19. The molecule has 2 saturated heterocycles. The Balaban J connectivity index is 1.52. The molecular formula is C25H32N2O5S. The van der Waals surface area contributed by atoms with Crippen LogP contribution in [0.1, 0.15) is 24.8 Å². The number of benzene rings is 2. The molecule has 0 aliphatic carbocycles. The number of para-hydroxylation sites is 1. The van der Waals surface area contributed by atoms with E-state index < -0.39 is 15.4 Å². The van der Waals surface area contributed by atoms with Gasteiger partial charge in [-0.2, -0.15) is 0 Å². The van der Waals surface area contributed by atoms with Crippen molar-refractivity contribution in [2.24, 2.45) is 5.41 Å². The second-order valence-electron chi connectivity index (χ2n) is 8.95. The summed E-state index contributed by atoms with van der Waals surface area (Å²) < 4.78 is 39.6. The number of amides is 1. The van der Waals surface area contributed by atoms with Crippen LogP contribution in [0.15, 0.2) is 60.7 Å². The second-order valence-corrected chi connectivity index (χ2v) is 10.9. The maximum Gasteiger partial charge on any atom is 0.223 e. The van der Waals surface area contributed by atoms with Gasteiger partial charge in [0.15, 0.2) is 0 Å². The highest BCUT2D eigenvalue weighted by Crippen LogP contribution is 2.37. The Morgan fingerprint density at radius 3 is 2.33 bits per heavy atom. The Morgan fingerprint density at radius 2 is 1.64 bits per heavy atom. The lowest BCUT2D eigenvalue weighted by Crippen LogP contribution is -2.52. The molecule has 2 heterocycles. The predicted octanol–water partition coefficient (Wildman–Crippen LogP) is 2.93. The van der Waals surface area contributed by atoms with E-state index in [0.717, 1.165) is 17.7 Å². The summed E-state index contributed by atoms with van der Waals surface area (Å²) in [6.45, 7) is 3.27. The van der Waals surface area contributed by atoms with Crippen molar-refractivity contribution in [2.45, 2.75) is 25.0 Å². The SMILES string of the molecule is O=C(C[C@@]1(COc2ccccc2)CCCN(S(=O)(=O)Cc2ccccc2)C1)N1CCOCC1. The maximum atomic E-state index is 13.3. The molecule has 0 spiro atoms. The van der Waals surface area contributed by atoms with E-state index in [2.05, 4.69) is 0 Å². The number of nitrogens with zero attached hydrogens (tertiary/aromatic N) is 2. The molecule has 8 heteroatoms. The van der Waals surface area contributed by atoms with Crippen LogP contribution in [0.4, 0.5) is 0 Å². The molecule has 0 N–H and O–H groups in total. The van der Waals surface area contributed by atoms with E-state index in [1.54, 1.807) is 4.31 Å². The minimum Gasteiger partial charge on any atom is -0.493 e. The molecule has 0 saturated carbocycles. The van der Waals surface area contributed by atoms with Gasteiger partial charge in [-0.1, -0.05) is 48.5 Å². The van der Waals surface area contributed by atoms with Crippen molar-refractivity contribution >= 4 is 15.9 Å². The van der Waals surface area contributed by atoms with Crippen LogP contribution >= 0.6 is 0 Å². The van der Waals surface area contributed by atoms with E-state index >= 15 is 0 Å². The number of ether oxygens (including phenoxy) is 2. The van der Waals surface area contributed by atoms with E-state index in [1.165, 1.54) is 0 Å². The molecule has 0 radical (unpaired) electrons. The van der Waals surface area contributed by atoms with Crippen molar-refractivity contribution in [1.29, 1.82) is 0 Å². The number of carbonyl (C=O) groups excluding carboxylic acids is 1. The molecular weight excluding hydrogens is 440 g/mol. The Kier molecular flexibility index (Phi) is 7.67. The molecule has 2 aliphatic rings. The first-order valence-corrected chi connectivity index (χ1v) is 13.1. The fourth-order valence-corrected chi connectivity index (χ4v) is 6.26.